The van der Waals surface area contributed by atoms with Gasteiger partial charge in [-0.15, -0.1) is 0 Å². The minimum absolute atomic E-state index is 0.0454. The molecule has 134 valence electrons. The lowest BCUT2D eigenvalue weighted by Gasteiger charge is -2.34. The molecule has 0 bridgehead atoms. The molecule has 1 fully saturated rings. The van der Waals surface area contributed by atoms with Gasteiger partial charge in [-0.2, -0.15) is 5.10 Å². The third kappa shape index (κ3) is 3.88. The Balaban J connectivity index is 1.52. The Labute approximate surface area is 143 Å². The monoisotopic (exact) mass is 335 g/mol. The molecule has 0 radical (unpaired) electrons. The Kier molecular flexibility index (Phi) is 5.71. The summed E-state index contributed by atoms with van der Waals surface area (Å²) in [7, 11) is 0. The molecule has 0 aromatic carbocycles. The second kappa shape index (κ2) is 7.96. The fourth-order valence-corrected chi connectivity index (χ4v) is 3.91. The summed E-state index contributed by atoms with van der Waals surface area (Å²) < 4.78 is 7.81. The van der Waals surface area contributed by atoms with Gasteiger partial charge in [-0.25, -0.2) is 14.5 Å². The highest BCUT2D eigenvalue weighted by Crippen LogP contribution is 2.25. The summed E-state index contributed by atoms with van der Waals surface area (Å²) in [5.74, 6) is 1.44. The third-order valence-electron chi connectivity index (χ3n) is 5.35. The number of carbonyl (C=O) groups excluding carboxylic acids is 1. The number of fused-ring (bicyclic) bond motifs is 1. The predicted molar refractivity (Wildman–Crippen MR) is 90.5 cm³/mol. The maximum atomic E-state index is 12.4. The second-order valence-corrected chi connectivity index (χ2v) is 6.86. The average Bonchev–Trinajstić information content (AvgIpc) is 3.06. The van der Waals surface area contributed by atoms with Crippen molar-refractivity contribution in [1.82, 2.24) is 25.4 Å². The Bertz CT molecular complexity index is 543. The highest BCUT2D eigenvalue weighted by molar-refractivity contribution is 5.74. The lowest BCUT2D eigenvalue weighted by Crippen LogP contribution is -2.48. The molecule has 7 nitrogen and oxygen atoms in total. The minimum atomic E-state index is -0.105. The first-order valence-electron chi connectivity index (χ1n) is 9.27. The van der Waals surface area contributed by atoms with E-state index in [-0.39, 0.29) is 24.2 Å². The van der Waals surface area contributed by atoms with Gasteiger partial charge in [-0.1, -0.05) is 26.7 Å². The van der Waals surface area contributed by atoms with Crippen LogP contribution in [-0.2, 0) is 11.3 Å². The molecular weight excluding hydrogens is 306 g/mol. The van der Waals surface area contributed by atoms with Gasteiger partial charge in [0.15, 0.2) is 0 Å². The number of urea groups is 1. The molecule has 3 rings (SSSR count). The molecule has 3 atom stereocenters. The van der Waals surface area contributed by atoms with Gasteiger partial charge in [-0.3, -0.25) is 0 Å². The summed E-state index contributed by atoms with van der Waals surface area (Å²) in [6.07, 6.45) is 7.77. The van der Waals surface area contributed by atoms with E-state index < -0.39 is 0 Å². The highest BCUT2D eigenvalue weighted by atomic mass is 16.5. The van der Waals surface area contributed by atoms with Crippen molar-refractivity contribution in [1.29, 1.82) is 0 Å². The summed E-state index contributed by atoms with van der Waals surface area (Å²) in [5.41, 5.74) is 0. The largest absolute Gasteiger partial charge is 0.378 e. The zero-order valence-corrected chi connectivity index (χ0v) is 14.7. The van der Waals surface area contributed by atoms with Crippen LogP contribution in [0.25, 0.3) is 0 Å². The van der Waals surface area contributed by atoms with Crippen molar-refractivity contribution in [3.8, 4) is 0 Å². The molecule has 2 aliphatic rings. The van der Waals surface area contributed by atoms with Gasteiger partial charge in [0.25, 0.3) is 0 Å². The van der Waals surface area contributed by atoms with E-state index in [1.807, 2.05) is 4.68 Å². The molecule has 2 aliphatic heterocycles. The fourth-order valence-electron chi connectivity index (χ4n) is 3.91. The predicted octanol–water partition coefficient (Wildman–Crippen LogP) is 2.40. The molecule has 1 saturated heterocycles. The molecule has 0 aliphatic carbocycles. The number of rotatable bonds is 5. The highest BCUT2D eigenvalue weighted by Gasteiger charge is 2.29. The van der Waals surface area contributed by atoms with Crippen LogP contribution < -0.4 is 10.6 Å². The van der Waals surface area contributed by atoms with Crippen LogP contribution in [0.1, 0.15) is 64.2 Å². The number of ether oxygens (including phenoxy) is 1. The van der Waals surface area contributed by atoms with Crippen molar-refractivity contribution in [2.45, 2.75) is 77.1 Å². The van der Waals surface area contributed by atoms with Crippen LogP contribution in [0.15, 0.2) is 6.33 Å². The number of aryl methyl sites for hydroxylation is 1. The van der Waals surface area contributed by atoms with Crippen molar-refractivity contribution in [2.75, 3.05) is 6.61 Å². The SMILES string of the molecule is CCC(CC)[C@@H]1C[C@@H](NC(=O)N[C@H]2CCCn3ncnc32)CCO1. The molecule has 2 amide bonds. The van der Waals surface area contributed by atoms with Gasteiger partial charge >= 0.3 is 6.03 Å². The molecule has 0 spiro atoms. The Morgan fingerprint density at radius 3 is 3.00 bits per heavy atom. The summed E-state index contributed by atoms with van der Waals surface area (Å²) in [5, 5.41) is 10.4. The van der Waals surface area contributed by atoms with E-state index in [1.54, 1.807) is 6.33 Å². The van der Waals surface area contributed by atoms with E-state index in [1.165, 1.54) is 0 Å². The van der Waals surface area contributed by atoms with Gasteiger partial charge in [0, 0.05) is 19.2 Å². The Hall–Kier alpha value is -1.63. The van der Waals surface area contributed by atoms with E-state index >= 15 is 0 Å². The molecule has 24 heavy (non-hydrogen) atoms. The first-order chi connectivity index (χ1) is 11.7. The molecule has 7 heteroatoms. The number of hydrogen-bond donors (Lipinski definition) is 2. The average molecular weight is 335 g/mol. The number of carbonyl (C=O) groups is 1. The van der Waals surface area contributed by atoms with E-state index in [9.17, 15) is 4.79 Å². The molecule has 1 aromatic heterocycles. The lowest BCUT2D eigenvalue weighted by atomic mass is 9.89. The summed E-state index contributed by atoms with van der Waals surface area (Å²) in [4.78, 5) is 16.7. The Morgan fingerprint density at radius 1 is 1.38 bits per heavy atom. The molecule has 0 saturated carbocycles. The van der Waals surface area contributed by atoms with Gasteiger partial charge < -0.3 is 15.4 Å². The molecular formula is C17H29N5O2. The quantitative estimate of drug-likeness (QED) is 0.866. The standard InChI is InChI=1S/C17H29N5O2/c1-3-12(4-2)15-10-13(7-9-24-15)20-17(23)21-14-6-5-8-22-16(14)18-11-19-22/h11-15H,3-10H2,1-2H3,(H2,20,21,23)/t13-,14-,15-/m0/s1. The normalized spacial score (nSPS) is 26.9. The third-order valence-corrected chi connectivity index (χ3v) is 5.35. The lowest BCUT2D eigenvalue weighted by molar-refractivity contribution is -0.0331. The Morgan fingerprint density at radius 2 is 2.21 bits per heavy atom. The fraction of sp³-hybridized carbons (Fsp3) is 0.824. The van der Waals surface area contributed by atoms with E-state index in [4.69, 9.17) is 4.74 Å². The van der Waals surface area contributed by atoms with Crippen LogP contribution in [0.2, 0.25) is 0 Å². The molecule has 1 aromatic rings. The van der Waals surface area contributed by atoms with Crippen molar-refractivity contribution in [3.05, 3.63) is 12.2 Å². The maximum Gasteiger partial charge on any atom is 0.315 e. The zero-order valence-electron chi connectivity index (χ0n) is 14.7. The van der Waals surface area contributed by atoms with Crippen molar-refractivity contribution < 1.29 is 9.53 Å². The molecule has 0 unspecified atom stereocenters. The number of nitrogens with zero attached hydrogens (tertiary/aromatic N) is 3. The van der Waals surface area contributed by atoms with Crippen molar-refractivity contribution in [2.24, 2.45) is 5.92 Å². The van der Waals surface area contributed by atoms with E-state index in [0.29, 0.717) is 5.92 Å². The first kappa shape index (κ1) is 17.2. The van der Waals surface area contributed by atoms with Crippen LogP contribution in [0.4, 0.5) is 4.79 Å². The smallest absolute Gasteiger partial charge is 0.315 e. The van der Waals surface area contributed by atoms with E-state index in [2.05, 4.69) is 34.6 Å². The van der Waals surface area contributed by atoms with Crippen LogP contribution in [0.3, 0.4) is 0 Å². The second-order valence-electron chi connectivity index (χ2n) is 6.86. The zero-order chi connectivity index (χ0) is 16.9. The van der Waals surface area contributed by atoms with E-state index in [0.717, 1.165) is 57.5 Å². The van der Waals surface area contributed by atoms with Gasteiger partial charge in [0.05, 0.1) is 12.1 Å². The van der Waals surface area contributed by atoms with Crippen LogP contribution >= 0.6 is 0 Å². The van der Waals surface area contributed by atoms with Gasteiger partial charge in [0.1, 0.15) is 12.2 Å². The van der Waals surface area contributed by atoms with Crippen molar-refractivity contribution >= 4 is 6.03 Å². The minimum Gasteiger partial charge on any atom is -0.378 e. The topological polar surface area (TPSA) is 81.1 Å². The van der Waals surface area contributed by atoms with Crippen LogP contribution in [0, 0.1) is 5.92 Å². The number of hydrogen-bond acceptors (Lipinski definition) is 4. The molecule has 2 N–H and O–H groups in total. The number of nitrogens with one attached hydrogen (secondary N) is 2. The summed E-state index contributed by atoms with van der Waals surface area (Å²) in [6.45, 7) is 6.02. The van der Waals surface area contributed by atoms with Gasteiger partial charge in [0.2, 0.25) is 0 Å². The summed E-state index contributed by atoms with van der Waals surface area (Å²) >= 11 is 0. The first-order valence-corrected chi connectivity index (χ1v) is 9.27. The number of amides is 2. The van der Waals surface area contributed by atoms with Crippen LogP contribution in [0.5, 0.6) is 0 Å². The van der Waals surface area contributed by atoms with Crippen LogP contribution in [-0.4, -0.2) is 39.5 Å². The number of aromatic nitrogens is 3. The van der Waals surface area contributed by atoms with Gasteiger partial charge in [-0.05, 0) is 31.6 Å². The summed E-state index contributed by atoms with van der Waals surface area (Å²) in [6, 6.07) is 0.0355. The van der Waals surface area contributed by atoms with Crippen molar-refractivity contribution in [3.63, 3.8) is 0 Å². The molecule has 3 heterocycles. The maximum absolute atomic E-state index is 12.4.